The van der Waals surface area contributed by atoms with Crippen LogP contribution in [-0.2, 0) is 17.6 Å². The second-order valence-electron chi connectivity index (χ2n) is 6.37. The van der Waals surface area contributed by atoms with Crippen molar-refractivity contribution in [3.63, 3.8) is 0 Å². The summed E-state index contributed by atoms with van der Waals surface area (Å²) in [6.45, 7) is 6.19. The summed E-state index contributed by atoms with van der Waals surface area (Å²) < 4.78 is 11.1. The topological polar surface area (TPSA) is 76.8 Å². The van der Waals surface area contributed by atoms with Gasteiger partial charge in [-0.3, -0.25) is 0 Å². The van der Waals surface area contributed by atoms with Crippen molar-refractivity contribution in [1.82, 2.24) is 20.1 Å². The van der Waals surface area contributed by atoms with E-state index in [1.165, 1.54) is 5.39 Å². The van der Waals surface area contributed by atoms with Crippen LogP contribution in [0.25, 0.3) is 33.4 Å². The number of benzene rings is 1. The Kier molecular flexibility index (Phi) is 4.20. The molecule has 1 atom stereocenters. The number of methoxy groups -OCH3 is 1. The molecule has 4 rings (SSSR count). The molecule has 0 aliphatic carbocycles. The molecule has 0 bridgehead atoms. The van der Waals surface area contributed by atoms with Gasteiger partial charge in [0.1, 0.15) is 5.69 Å². The van der Waals surface area contributed by atoms with E-state index in [4.69, 9.17) is 9.26 Å². The van der Waals surface area contributed by atoms with E-state index in [-0.39, 0.29) is 6.10 Å². The Morgan fingerprint density at radius 3 is 2.69 bits per heavy atom. The molecule has 0 spiro atoms. The fourth-order valence-corrected chi connectivity index (χ4v) is 3.52. The summed E-state index contributed by atoms with van der Waals surface area (Å²) in [5, 5.41) is 6.35. The third-order valence-electron chi connectivity index (χ3n) is 4.93. The van der Waals surface area contributed by atoms with Gasteiger partial charge in [-0.05, 0) is 30.5 Å². The molecule has 1 aromatic carbocycles. The maximum atomic E-state index is 5.60. The van der Waals surface area contributed by atoms with Crippen molar-refractivity contribution in [2.24, 2.45) is 0 Å². The van der Waals surface area contributed by atoms with Crippen LogP contribution in [0.5, 0.6) is 0 Å². The Balaban J connectivity index is 2.06. The van der Waals surface area contributed by atoms with Crippen molar-refractivity contribution in [1.29, 1.82) is 0 Å². The highest BCUT2D eigenvalue weighted by atomic mass is 16.5. The van der Waals surface area contributed by atoms with E-state index in [1.54, 1.807) is 7.11 Å². The minimum Gasteiger partial charge on any atom is -0.377 e. The quantitative estimate of drug-likeness (QED) is 0.569. The third-order valence-corrected chi connectivity index (χ3v) is 4.93. The lowest BCUT2D eigenvalue weighted by molar-refractivity contribution is 0.121. The summed E-state index contributed by atoms with van der Waals surface area (Å²) >= 11 is 0. The second kappa shape index (κ2) is 6.53. The Morgan fingerprint density at radius 1 is 1.15 bits per heavy atom. The van der Waals surface area contributed by atoms with Crippen molar-refractivity contribution in [2.75, 3.05) is 7.11 Å². The smallest absolute Gasteiger partial charge is 0.276 e. The summed E-state index contributed by atoms with van der Waals surface area (Å²) in [7, 11) is 1.73. The predicted molar refractivity (Wildman–Crippen MR) is 101 cm³/mol. The number of rotatable bonds is 5. The van der Waals surface area contributed by atoms with Crippen molar-refractivity contribution < 1.29 is 9.26 Å². The first-order chi connectivity index (χ1) is 12.7. The molecule has 0 saturated heterocycles. The second-order valence-corrected chi connectivity index (χ2v) is 6.37. The molecule has 0 fully saturated rings. The molecule has 26 heavy (non-hydrogen) atoms. The number of aromatic amines is 1. The van der Waals surface area contributed by atoms with Gasteiger partial charge < -0.3 is 14.2 Å². The van der Waals surface area contributed by atoms with Gasteiger partial charge in [0.15, 0.2) is 5.82 Å². The van der Waals surface area contributed by atoms with Crippen molar-refractivity contribution >= 4 is 21.8 Å². The Hall–Kier alpha value is -2.73. The van der Waals surface area contributed by atoms with Crippen LogP contribution in [-0.4, -0.2) is 27.2 Å². The molecule has 3 aromatic heterocycles. The highest BCUT2D eigenvalue weighted by Crippen LogP contribution is 2.37. The SMILES string of the molecule is CCc1noc(-c2ncc3[nH]c4cccc(C(C)OC)c4c3c2CC)n1. The van der Waals surface area contributed by atoms with Gasteiger partial charge in [-0.1, -0.05) is 31.1 Å². The number of fused-ring (bicyclic) bond motifs is 3. The van der Waals surface area contributed by atoms with E-state index in [1.807, 2.05) is 19.2 Å². The molecule has 1 unspecified atom stereocenters. The molecule has 6 nitrogen and oxygen atoms in total. The number of nitrogens with zero attached hydrogens (tertiary/aromatic N) is 3. The molecule has 6 heteroatoms. The molecular weight excluding hydrogens is 328 g/mol. The van der Waals surface area contributed by atoms with Crippen LogP contribution in [0.15, 0.2) is 28.9 Å². The molecule has 134 valence electrons. The normalized spacial score (nSPS) is 12.9. The molecule has 0 saturated carbocycles. The van der Waals surface area contributed by atoms with Crippen LogP contribution in [0.1, 0.15) is 43.8 Å². The minimum atomic E-state index is -0.00544. The van der Waals surface area contributed by atoms with E-state index in [0.717, 1.165) is 46.1 Å². The Bertz CT molecular complexity index is 1080. The molecule has 4 aromatic rings. The average molecular weight is 350 g/mol. The van der Waals surface area contributed by atoms with Gasteiger partial charge in [-0.15, -0.1) is 0 Å². The fraction of sp³-hybridized carbons (Fsp3) is 0.350. The van der Waals surface area contributed by atoms with Crippen LogP contribution in [0.4, 0.5) is 0 Å². The van der Waals surface area contributed by atoms with E-state index in [0.29, 0.717) is 11.7 Å². The highest BCUT2D eigenvalue weighted by Gasteiger charge is 2.21. The lowest BCUT2D eigenvalue weighted by Gasteiger charge is -2.13. The number of aromatic nitrogens is 4. The zero-order valence-corrected chi connectivity index (χ0v) is 15.5. The highest BCUT2D eigenvalue weighted by molar-refractivity contribution is 6.11. The van der Waals surface area contributed by atoms with E-state index in [9.17, 15) is 0 Å². The summed E-state index contributed by atoms with van der Waals surface area (Å²) in [4.78, 5) is 12.6. The number of pyridine rings is 1. The van der Waals surface area contributed by atoms with Gasteiger partial charge in [0.2, 0.25) is 0 Å². The van der Waals surface area contributed by atoms with E-state index in [2.05, 4.69) is 46.1 Å². The molecule has 0 aliphatic heterocycles. The van der Waals surface area contributed by atoms with Gasteiger partial charge in [-0.25, -0.2) is 4.98 Å². The van der Waals surface area contributed by atoms with Crippen LogP contribution >= 0.6 is 0 Å². The van der Waals surface area contributed by atoms with Crippen LogP contribution in [0, 0.1) is 0 Å². The van der Waals surface area contributed by atoms with Crippen LogP contribution in [0.2, 0.25) is 0 Å². The summed E-state index contributed by atoms with van der Waals surface area (Å²) in [5.41, 5.74) is 5.10. The first-order valence-corrected chi connectivity index (χ1v) is 8.95. The monoisotopic (exact) mass is 350 g/mol. The largest absolute Gasteiger partial charge is 0.377 e. The number of aryl methyl sites for hydroxylation is 2. The van der Waals surface area contributed by atoms with E-state index >= 15 is 0 Å². The Morgan fingerprint density at radius 2 is 2.00 bits per heavy atom. The molecule has 0 amide bonds. The maximum Gasteiger partial charge on any atom is 0.276 e. The molecule has 1 N–H and O–H groups in total. The van der Waals surface area contributed by atoms with Crippen LogP contribution < -0.4 is 0 Å². The number of ether oxygens (including phenoxy) is 1. The zero-order chi connectivity index (χ0) is 18.3. The maximum absolute atomic E-state index is 5.60. The van der Waals surface area contributed by atoms with Gasteiger partial charge in [0, 0.05) is 29.8 Å². The number of nitrogens with one attached hydrogen (secondary N) is 1. The van der Waals surface area contributed by atoms with Gasteiger partial charge >= 0.3 is 0 Å². The standard InChI is InChI=1S/C20H22N4O2/c1-5-12-17-15(10-21-19(12)20-23-16(6-2)24-26-20)22-14-9-7-8-13(18(14)17)11(3)25-4/h7-11,22H,5-6H2,1-4H3. The molecular formula is C20H22N4O2. The van der Waals surface area contributed by atoms with Crippen molar-refractivity contribution in [3.05, 3.63) is 41.3 Å². The number of hydrogen-bond acceptors (Lipinski definition) is 5. The number of H-pyrrole nitrogens is 1. The van der Waals surface area contributed by atoms with E-state index < -0.39 is 0 Å². The predicted octanol–water partition coefficient (Wildman–Crippen LogP) is 4.60. The summed E-state index contributed by atoms with van der Waals surface area (Å²) in [6.07, 6.45) is 3.39. The zero-order valence-electron chi connectivity index (χ0n) is 15.5. The third kappa shape index (κ3) is 2.49. The summed E-state index contributed by atoms with van der Waals surface area (Å²) in [6, 6.07) is 6.25. The first kappa shape index (κ1) is 16.7. The lowest BCUT2D eigenvalue weighted by atomic mass is 9.98. The van der Waals surface area contributed by atoms with Crippen molar-refractivity contribution in [3.8, 4) is 11.6 Å². The molecule has 3 heterocycles. The minimum absolute atomic E-state index is 0.00544. The van der Waals surface area contributed by atoms with Crippen LogP contribution in [0.3, 0.4) is 0 Å². The van der Waals surface area contributed by atoms with Gasteiger partial charge in [-0.2, -0.15) is 4.98 Å². The Labute approximate surface area is 151 Å². The number of hydrogen-bond donors (Lipinski definition) is 1. The fourth-order valence-electron chi connectivity index (χ4n) is 3.52. The summed E-state index contributed by atoms with van der Waals surface area (Å²) in [5.74, 6) is 1.17. The molecule has 0 radical (unpaired) electrons. The van der Waals surface area contributed by atoms with Gasteiger partial charge in [0.25, 0.3) is 5.89 Å². The van der Waals surface area contributed by atoms with Crippen molar-refractivity contribution in [2.45, 2.75) is 39.7 Å². The molecule has 0 aliphatic rings. The van der Waals surface area contributed by atoms with Gasteiger partial charge in [0.05, 0.1) is 17.8 Å². The lowest BCUT2D eigenvalue weighted by Crippen LogP contribution is -1.98. The average Bonchev–Trinajstić information content (AvgIpc) is 3.30. The first-order valence-electron chi connectivity index (χ1n) is 8.95.